The van der Waals surface area contributed by atoms with Crippen LogP contribution in [0, 0.1) is 13.8 Å². The molecule has 0 amide bonds. The van der Waals surface area contributed by atoms with Crippen LogP contribution < -0.4 is 14.8 Å². The molecule has 3 rings (SSSR count). The smallest absolute Gasteiger partial charge is 0.230 e. The number of hydrogen-bond donors (Lipinski definition) is 1. The van der Waals surface area contributed by atoms with Crippen molar-refractivity contribution in [3.63, 3.8) is 0 Å². The fourth-order valence-electron chi connectivity index (χ4n) is 2.65. The Morgan fingerprint density at radius 2 is 1.93 bits per heavy atom. The molecule has 0 atom stereocenters. The van der Waals surface area contributed by atoms with E-state index in [-0.39, 0.29) is 0 Å². The largest absolute Gasteiger partial charge is 0.494 e. The molecular formula is C20H26N6O2. The van der Waals surface area contributed by atoms with E-state index < -0.39 is 0 Å². The van der Waals surface area contributed by atoms with Crippen molar-refractivity contribution >= 4 is 11.6 Å². The Morgan fingerprint density at radius 3 is 2.61 bits per heavy atom. The van der Waals surface area contributed by atoms with Gasteiger partial charge in [0.1, 0.15) is 12.4 Å². The average molecular weight is 382 g/mol. The van der Waals surface area contributed by atoms with Crippen molar-refractivity contribution in [2.24, 2.45) is 0 Å². The molecule has 0 saturated heterocycles. The summed E-state index contributed by atoms with van der Waals surface area (Å²) in [4.78, 5) is 15.2. The zero-order chi connectivity index (χ0) is 20.1. The molecule has 2 aromatic heterocycles. The average Bonchev–Trinajstić information content (AvgIpc) is 3.07. The van der Waals surface area contributed by atoms with Gasteiger partial charge in [-0.3, -0.25) is 0 Å². The van der Waals surface area contributed by atoms with E-state index in [1.807, 2.05) is 63.0 Å². The van der Waals surface area contributed by atoms with Crippen molar-refractivity contribution < 1.29 is 9.47 Å². The molecule has 0 radical (unpaired) electrons. The van der Waals surface area contributed by atoms with E-state index >= 15 is 0 Å². The lowest BCUT2D eigenvalue weighted by Gasteiger charge is -2.13. The second-order valence-electron chi connectivity index (χ2n) is 6.76. The van der Waals surface area contributed by atoms with E-state index in [4.69, 9.17) is 9.47 Å². The minimum Gasteiger partial charge on any atom is -0.494 e. The number of ether oxygens (including phenoxy) is 2. The van der Waals surface area contributed by atoms with Gasteiger partial charge in [-0.05, 0) is 40.1 Å². The van der Waals surface area contributed by atoms with Crippen molar-refractivity contribution in [1.82, 2.24) is 24.4 Å². The van der Waals surface area contributed by atoms with Crippen LogP contribution in [0.4, 0.5) is 11.6 Å². The Labute approximate surface area is 165 Å². The second kappa shape index (κ2) is 8.71. The Morgan fingerprint density at radius 1 is 1.11 bits per heavy atom. The van der Waals surface area contributed by atoms with Gasteiger partial charge in [-0.15, -0.1) is 0 Å². The van der Waals surface area contributed by atoms with Crippen LogP contribution in [0.2, 0.25) is 0 Å². The molecule has 28 heavy (non-hydrogen) atoms. The maximum absolute atomic E-state index is 5.73. The van der Waals surface area contributed by atoms with Gasteiger partial charge in [0.15, 0.2) is 0 Å². The summed E-state index contributed by atoms with van der Waals surface area (Å²) in [6.07, 6.45) is 3.72. The third kappa shape index (κ3) is 4.98. The topological polar surface area (TPSA) is 77.3 Å². The van der Waals surface area contributed by atoms with Crippen LogP contribution in [-0.4, -0.2) is 58.8 Å². The van der Waals surface area contributed by atoms with Gasteiger partial charge in [0.05, 0.1) is 24.8 Å². The second-order valence-corrected chi connectivity index (χ2v) is 6.76. The summed E-state index contributed by atoms with van der Waals surface area (Å²) < 4.78 is 13.2. The van der Waals surface area contributed by atoms with Gasteiger partial charge in [-0.25, -0.2) is 9.97 Å². The number of anilines is 2. The number of methoxy groups -OCH3 is 1. The van der Waals surface area contributed by atoms with Crippen LogP contribution in [0.25, 0.3) is 5.69 Å². The molecule has 0 unspecified atom stereocenters. The molecule has 0 saturated carbocycles. The molecule has 0 aliphatic carbocycles. The van der Waals surface area contributed by atoms with Crippen molar-refractivity contribution in [2.75, 3.05) is 39.7 Å². The number of nitrogens with one attached hydrogen (secondary N) is 1. The number of benzene rings is 1. The summed E-state index contributed by atoms with van der Waals surface area (Å²) >= 11 is 0. The predicted molar refractivity (Wildman–Crippen MR) is 109 cm³/mol. The molecule has 1 aromatic carbocycles. The lowest BCUT2D eigenvalue weighted by atomic mass is 10.2. The monoisotopic (exact) mass is 382 g/mol. The summed E-state index contributed by atoms with van der Waals surface area (Å²) in [7, 11) is 5.65. The van der Waals surface area contributed by atoms with E-state index in [1.165, 1.54) is 0 Å². The third-order valence-electron chi connectivity index (χ3n) is 4.04. The van der Waals surface area contributed by atoms with Gasteiger partial charge in [-0.2, -0.15) is 4.98 Å². The highest BCUT2D eigenvalue weighted by atomic mass is 16.5. The highest BCUT2D eigenvalue weighted by Gasteiger charge is 2.09. The minimum absolute atomic E-state index is 0.480. The van der Waals surface area contributed by atoms with Crippen molar-refractivity contribution in [3.05, 3.63) is 48.2 Å². The number of nitrogens with zero attached hydrogens (tertiary/aromatic N) is 5. The molecule has 1 N–H and O–H groups in total. The number of imidazole rings is 1. The summed E-state index contributed by atoms with van der Waals surface area (Å²) in [5, 5.41) is 3.23. The normalized spacial score (nSPS) is 10.9. The number of likely N-dealkylation sites (N-methyl/N-ethyl adjacent to an activating group) is 1. The van der Waals surface area contributed by atoms with Gasteiger partial charge in [0, 0.05) is 36.3 Å². The number of aryl methyl sites for hydroxylation is 2. The van der Waals surface area contributed by atoms with E-state index in [0.717, 1.165) is 35.1 Å². The Bertz CT molecular complexity index is 938. The molecule has 0 bridgehead atoms. The van der Waals surface area contributed by atoms with Crippen LogP contribution in [0.1, 0.15) is 11.4 Å². The molecule has 0 spiro atoms. The summed E-state index contributed by atoms with van der Waals surface area (Å²) in [5.41, 5.74) is 3.50. The van der Waals surface area contributed by atoms with Crippen molar-refractivity contribution in [1.29, 1.82) is 0 Å². The van der Waals surface area contributed by atoms with Gasteiger partial charge < -0.3 is 24.3 Å². The summed E-state index contributed by atoms with van der Waals surface area (Å²) in [6, 6.07) is 7.65. The summed E-state index contributed by atoms with van der Waals surface area (Å²) in [6.45, 7) is 5.25. The first-order valence-corrected chi connectivity index (χ1v) is 9.04. The molecule has 2 heterocycles. The van der Waals surface area contributed by atoms with Crippen LogP contribution in [-0.2, 0) is 0 Å². The van der Waals surface area contributed by atoms with Crippen LogP contribution in [0.15, 0.2) is 36.8 Å². The first-order valence-electron chi connectivity index (χ1n) is 9.04. The van der Waals surface area contributed by atoms with Crippen LogP contribution in [0.5, 0.6) is 11.6 Å². The van der Waals surface area contributed by atoms with Gasteiger partial charge in [0.2, 0.25) is 11.8 Å². The van der Waals surface area contributed by atoms with E-state index in [9.17, 15) is 0 Å². The first kappa shape index (κ1) is 19.6. The van der Waals surface area contributed by atoms with E-state index in [2.05, 4.69) is 25.2 Å². The zero-order valence-electron chi connectivity index (χ0n) is 16.9. The summed E-state index contributed by atoms with van der Waals surface area (Å²) in [5.74, 6) is 1.75. The van der Waals surface area contributed by atoms with Gasteiger partial charge in [-0.1, -0.05) is 0 Å². The fraction of sp³-hybridized carbons (Fsp3) is 0.350. The van der Waals surface area contributed by atoms with Gasteiger partial charge in [0.25, 0.3) is 0 Å². The minimum atomic E-state index is 0.480. The lowest BCUT2D eigenvalue weighted by Crippen LogP contribution is -2.19. The maximum Gasteiger partial charge on any atom is 0.230 e. The number of rotatable bonds is 8. The molecule has 0 fully saturated rings. The Kier molecular flexibility index (Phi) is 6.10. The molecule has 8 nitrogen and oxygen atoms in total. The Hall–Kier alpha value is -3.13. The van der Waals surface area contributed by atoms with Crippen molar-refractivity contribution in [3.8, 4) is 17.3 Å². The quantitative estimate of drug-likeness (QED) is 0.642. The predicted octanol–water partition coefficient (Wildman–Crippen LogP) is 2.97. The zero-order valence-corrected chi connectivity index (χ0v) is 16.9. The SMILES string of the molecule is COc1cc(Nc2nc(C)cc(OCCN(C)C)n2)ccc1-n1cnc(C)c1. The van der Waals surface area contributed by atoms with E-state index in [0.29, 0.717) is 18.4 Å². The van der Waals surface area contributed by atoms with Crippen molar-refractivity contribution in [2.45, 2.75) is 13.8 Å². The lowest BCUT2D eigenvalue weighted by molar-refractivity contribution is 0.253. The van der Waals surface area contributed by atoms with Crippen LogP contribution >= 0.6 is 0 Å². The van der Waals surface area contributed by atoms with Gasteiger partial charge >= 0.3 is 0 Å². The third-order valence-corrected chi connectivity index (χ3v) is 4.04. The number of aromatic nitrogens is 4. The van der Waals surface area contributed by atoms with E-state index in [1.54, 1.807) is 13.4 Å². The molecule has 0 aliphatic rings. The maximum atomic E-state index is 5.73. The molecule has 148 valence electrons. The number of hydrogen-bond acceptors (Lipinski definition) is 7. The molecule has 8 heteroatoms. The first-order chi connectivity index (χ1) is 13.4. The van der Waals surface area contributed by atoms with Crippen LogP contribution in [0.3, 0.4) is 0 Å². The fourth-order valence-corrected chi connectivity index (χ4v) is 2.65. The molecule has 0 aliphatic heterocycles. The molecular weight excluding hydrogens is 356 g/mol. The Balaban J connectivity index is 1.78. The standard InChI is InChI=1S/C20H26N6O2/c1-14-10-19(28-9-8-25(3)4)24-20(22-14)23-16-6-7-17(18(11-16)27-5)26-12-15(2)21-13-26/h6-7,10-13H,8-9H2,1-5H3,(H,22,23,24). The molecule has 3 aromatic rings. The highest BCUT2D eigenvalue weighted by Crippen LogP contribution is 2.28. The highest BCUT2D eigenvalue weighted by molar-refractivity contribution is 5.62.